The lowest BCUT2D eigenvalue weighted by molar-refractivity contribution is 0.168. The first kappa shape index (κ1) is 21.4. The van der Waals surface area contributed by atoms with Crippen molar-refractivity contribution in [3.8, 4) is 11.1 Å². The van der Waals surface area contributed by atoms with E-state index < -0.39 is 0 Å². The number of hydrogen-bond acceptors (Lipinski definition) is 3. The molecule has 0 bridgehead atoms. The summed E-state index contributed by atoms with van der Waals surface area (Å²) < 4.78 is 27.8. The summed E-state index contributed by atoms with van der Waals surface area (Å²) in [5, 5.41) is 13.0. The highest BCUT2D eigenvalue weighted by atomic mass is 19.1. The Morgan fingerprint density at radius 1 is 1.09 bits per heavy atom. The second-order valence-electron chi connectivity index (χ2n) is 8.64. The first-order valence-electron chi connectivity index (χ1n) is 11.0. The van der Waals surface area contributed by atoms with Gasteiger partial charge in [-0.25, -0.2) is 13.6 Å². The van der Waals surface area contributed by atoms with E-state index in [-0.39, 0.29) is 42.3 Å². The summed E-state index contributed by atoms with van der Waals surface area (Å²) >= 11 is 0. The number of nitrogens with zero attached hydrogens (tertiary/aromatic N) is 2. The fourth-order valence-corrected chi connectivity index (χ4v) is 5.27. The molecule has 2 amide bonds. The Labute approximate surface area is 191 Å². The minimum atomic E-state index is -0.370. The van der Waals surface area contributed by atoms with Crippen molar-refractivity contribution < 1.29 is 18.7 Å². The quantitative estimate of drug-likeness (QED) is 0.589. The maximum atomic E-state index is 14.5. The predicted octanol–water partition coefficient (Wildman–Crippen LogP) is 5.04. The van der Waals surface area contributed by atoms with Gasteiger partial charge in [0.15, 0.2) is 0 Å². The first-order chi connectivity index (χ1) is 16.0. The summed E-state index contributed by atoms with van der Waals surface area (Å²) in [4.78, 5) is 17.1. The van der Waals surface area contributed by atoms with E-state index >= 15 is 0 Å². The Bertz CT molecular complexity index is 1180. The van der Waals surface area contributed by atoms with Crippen molar-refractivity contribution in [1.82, 2.24) is 4.90 Å². The van der Waals surface area contributed by atoms with Crippen LogP contribution in [0.4, 0.5) is 25.0 Å². The summed E-state index contributed by atoms with van der Waals surface area (Å²) in [6.45, 7) is 0.496. The molecule has 0 spiro atoms. The van der Waals surface area contributed by atoms with Crippen molar-refractivity contribution in [3.05, 3.63) is 83.9 Å². The molecule has 3 aromatic carbocycles. The highest BCUT2D eigenvalue weighted by molar-refractivity contribution is 5.90. The normalized spacial score (nSPS) is 21.5. The number of urea groups is 1. The van der Waals surface area contributed by atoms with E-state index in [2.05, 4.69) is 10.2 Å². The Morgan fingerprint density at radius 3 is 2.58 bits per heavy atom. The highest BCUT2D eigenvalue weighted by Crippen LogP contribution is 2.49. The first-order valence-corrected chi connectivity index (χ1v) is 11.0. The van der Waals surface area contributed by atoms with Gasteiger partial charge >= 0.3 is 6.03 Å². The number of halogens is 2. The molecule has 2 aliphatic heterocycles. The van der Waals surface area contributed by atoms with Gasteiger partial charge in [0.1, 0.15) is 11.6 Å². The zero-order valence-electron chi connectivity index (χ0n) is 18.2. The molecule has 0 aromatic heterocycles. The molecule has 33 heavy (non-hydrogen) atoms. The summed E-state index contributed by atoms with van der Waals surface area (Å²) in [5.41, 5.74) is 3.60. The lowest BCUT2D eigenvalue weighted by atomic mass is 9.81. The van der Waals surface area contributed by atoms with Gasteiger partial charge in [0.25, 0.3) is 0 Å². The van der Waals surface area contributed by atoms with Crippen LogP contribution in [0, 0.1) is 17.6 Å². The van der Waals surface area contributed by atoms with Crippen LogP contribution in [-0.4, -0.2) is 42.3 Å². The molecule has 0 aliphatic carbocycles. The van der Waals surface area contributed by atoms with E-state index in [0.717, 1.165) is 23.2 Å². The minimum Gasteiger partial charge on any atom is -0.394 e. The second kappa shape index (κ2) is 8.48. The number of aliphatic hydroxyl groups is 1. The Morgan fingerprint density at radius 2 is 1.85 bits per heavy atom. The number of hydrogen-bond donors (Lipinski definition) is 2. The number of anilines is 2. The molecule has 3 aromatic rings. The lowest BCUT2D eigenvalue weighted by Gasteiger charge is -2.44. The Kier molecular flexibility index (Phi) is 5.50. The standard InChI is InChI=1S/C26H25F2N3O2/c1-30-23-11-6-16(19-4-2-3-5-22(19)28)14-21(23)25-20(24(30)15-32)12-13-31(25)26(33)29-18-9-7-17(27)8-10-18/h2-11,14,20,24-25,32H,12-13,15H2,1H3,(H,29,33)/t20-,24+,25-/m1/s1. The molecule has 5 rings (SSSR count). The van der Waals surface area contributed by atoms with Gasteiger partial charge in [-0.3, -0.25) is 0 Å². The third-order valence-electron chi connectivity index (χ3n) is 6.89. The molecule has 0 saturated carbocycles. The zero-order valence-corrected chi connectivity index (χ0v) is 18.2. The number of carbonyl (C=O) groups is 1. The molecule has 5 nitrogen and oxygen atoms in total. The van der Waals surface area contributed by atoms with E-state index in [9.17, 15) is 18.7 Å². The number of nitrogens with one attached hydrogen (secondary N) is 1. The van der Waals surface area contributed by atoms with E-state index in [1.165, 1.54) is 30.3 Å². The average molecular weight is 450 g/mol. The molecule has 0 unspecified atom stereocenters. The van der Waals surface area contributed by atoms with Gasteiger partial charge < -0.3 is 20.2 Å². The molecule has 2 N–H and O–H groups in total. The van der Waals surface area contributed by atoms with E-state index in [0.29, 0.717) is 17.8 Å². The molecule has 7 heteroatoms. The minimum absolute atomic E-state index is 0.0282. The van der Waals surface area contributed by atoms with E-state index in [1.807, 2.05) is 25.2 Å². The second-order valence-corrected chi connectivity index (χ2v) is 8.64. The molecule has 170 valence electrons. The van der Waals surface area contributed by atoms with Crippen molar-refractivity contribution in [2.75, 3.05) is 30.4 Å². The van der Waals surface area contributed by atoms with Gasteiger partial charge in [0, 0.05) is 36.4 Å². The number of benzene rings is 3. The summed E-state index contributed by atoms with van der Waals surface area (Å²) in [6, 6.07) is 17.4. The maximum absolute atomic E-state index is 14.5. The number of amides is 2. The third-order valence-corrected chi connectivity index (χ3v) is 6.89. The van der Waals surface area contributed by atoms with Crippen LogP contribution in [-0.2, 0) is 0 Å². The molecule has 2 heterocycles. The fourth-order valence-electron chi connectivity index (χ4n) is 5.27. The summed E-state index contributed by atoms with van der Waals surface area (Å²) in [7, 11) is 1.94. The van der Waals surface area contributed by atoms with Crippen LogP contribution >= 0.6 is 0 Å². The van der Waals surface area contributed by atoms with Crippen LogP contribution in [0.15, 0.2) is 66.7 Å². The van der Waals surface area contributed by atoms with Gasteiger partial charge in [-0.05, 0) is 60.0 Å². The fraction of sp³-hybridized carbons (Fsp3) is 0.269. The highest BCUT2D eigenvalue weighted by Gasteiger charge is 2.47. The third kappa shape index (κ3) is 3.72. The number of rotatable bonds is 3. The molecule has 1 saturated heterocycles. The average Bonchev–Trinajstić information content (AvgIpc) is 3.26. The van der Waals surface area contributed by atoms with Gasteiger partial charge in [0.2, 0.25) is 0 Å². The number of carbonyl (C=O) groups excluding carboxylic acids is 1. The molecule has 2 aliphatic rings. The van der Waals surface area contributed by atoms with E-state index in [1.54, 1.807) is 23.1 Å². The number of likely N-dealkylation sites (N-methyl/N-ethyl adjacent to an activating group) is 1. The van der Waals surface area contributed by atoms with Crippen LogP contribution in [0.2, 0.25) is 0 Å². The number of aliphatic hydroxyl groups excluding tert-OH is 1. The van der Waals surface area contributed by atoms with Crippen molar-refractivity contribution in [2.24, 2.45) is 5.92 Å². The van der Waals surface area contributed by atoms with Crippen molar-refractivity contribution in [3.63, 3.8) is 0 Å². The van der Waals surface area contributed by atoms with Crippen LogP contribution < -0.4 is 10.2 Å². The Balaban J connectivity index is 1.54. The Hall–Kier alpha value is -3.45. The van der Waals surface area contributed by atoms with Gasteiger partial charge in [-0.15, -0.1) is 0 Å². The number of fused-ring (bicyclic) bond motifs is 3. The van der Waals surface area contributed by atoms with Crippen LogP contribution in [0.25, 0.3) is 11.1 Å². The van der Waals surface area contributed by atoms with Crippen LogP contribution in [0.3, 0.4) is 0 Å². The predicted molar refractivity (Wildman–Crippen MR) is 124 cm³/mol. The van der Waals surface area contributed by atoms with Gasteiger partial charge in [0.05, 0.1) is 18.7 Å². The zero-order chi connectivity index (χ0) is 23.1. The molecular weight excluding hydrogens is 424 g/mol. The summed E-state index contributed by atoms with van der Waals surface area (Å²) in [5.74, 6) is -0.643. The van der Waals surface area contributed by atoms with Gasteiger partial charge in [-0.2, -0.15) is 0 Å². The molecular formula is C26H25F2N3O2. The smallest absolute Gasteiger partial charge is 0.322 e. The van der Waals surface area contributed by atoms with Crippen molar-refractivity contribution in [2.45, 2.75) is 18.5 Å². The molecule has 1 fully saturated rings. The largest absolute Gasteiger partial charge is 0.394 e. The topological polar surface area (TPSA) is 55.8 Å². The van der Waals surface area contributed by atoms with Crippen molar-refractivity contribution >= 4 is 17.4 Å². The maximum Gasteiger partial charge on any atom is 0.322 e. The molecule has 3 atom stereocenters. The van der Waals surface area contributed by atoms with Crippen LogP contribution in [0.1, 0.15) is 18.0 Å². The summed E-state index contributed by atoms with van der Waals surface area (Å²) in [6.07, 6.45) is 0.737. The van der Waals surface area contributed by atoms with Crippen LogP contribution in [0.5, 0.6) is 0 Å². The van der Waals surface area contributed by atoms with Crippen molar-refractivity contribution in [1.29, 1.82) is 0 Å². The molecule has 0 radical (unpaired) electrons. The number of likely N-dealkylation sites (tertiary alicyclic amines) is 1. The van der Waals surface area contributed by atoms with E-state index in [4.69, 9.17) is 0 Å². The lowest BCUT2D eigenvalue weighted by Crippen LogP contribution is -2.48. The SMILES string of the molecule is CN1c2ccc(-c3ccccc3F)cc2[C@H]2[C@H](CCN2C(=O)Nc2ccc(F)cc2)[C@@H]1CO. The monoisotopic (exact) mass is 449 g/mol. The van der Waals surface area contributed by atoms with Gasteiger partial charge in [-0.1, -0.05) is 24.3 Å².